The molecule has 0 fully saturated rings. The maximum absolute atomic E-state index is 5.74. The number of aromatic nitrogens is 6. The lowest BCUT2D eigenvalue weighted by atomic mass is 9.33. The van der Waals surface area contributed by atoms with E-state index in [0.29, 0.717) is 23.3 Å². The van der Waals surface area contributed by atoms with Crippen molar-refractivity contribution < 1.29 is 0 Å². The van der Waals surface area contributed by atoms with Gasteiger partial charge >= 0.3 is 0 Å². The van der Waals surface area contributed by atoms with Crippen molar-refractivity contribution >= 4 is 79.0 Å². The van der Waals surface area contributed by atoms with E-state index in [1.807, 2.05) is 36.4 Å². The summed E-state index contributed by atoms with van der Waals surface area (Å²) in [7, 11) is 0. The van der Waals surface area contributed by atoms with Crippen LogP contribution in [0.15, 0.2) is 297 Å². The van der Waals surface area contributed by atoms with Gasteiger partial charge in [-0.3, -0.25) is 0 Å². The van der Waals surface area contributed by atoms with E-state index in [1.165, 1.54) is 44.0 Å². The number of nitrogens with zero attached hydrogens (tertiary/aromatic N) is 8. The lowest BCUT2D eigenvalue weighted by Gasteiger charge is -2.45. The van der Waals surface area contributed by atoms with Crippen LogP contribution < -0.4 is 26.2 Å². The van der Waals surface area contributed by atoms with E-state index in [9.17, 15) is 0 Å². The predicted molar refractivity (Wildman–Crippen MR) is 399 cm³/mol. The maximum Gasteiger partial charge on any atom is 0.252 e. The smallest absolute Gasteiger partial charge is 0.252 e. The van der Waals surface area contributed by atoms with E-state index < -0.39 is 0 Å². The third-order valence-corrected chi connectivity index (χ3v) is 19.2. The van der Waals surface area contributed by atoms with Crippen LogP contribution in [0, 0.1) is 0 Å². The second-order valence-electron chi connectivity index (χ2n) is 27.3. The molecular formula is C87H67BN8. The van der Waals surface area contributed by atoms with E-state index in [2.05, 4.69) is 317 Å². The first-order chi connectivity index (χ1) is 46.9. The second-order valence-corrected chi connectivity index (χ2v) is 27.3. The van der Waals surface area contributed by atoms with Gasteiger partial charge in [-0.25, -0.2) is 24.9 Å². The predicted octanol–water partition coefficient (Wildman–Crippen LogP) is 20.1. The minimum absolute atomic E-state index is 0.0242. The third-order valence-electron chi connectivity index (χ3n) is 19.2. The highest BCUT2D eigenvalue weighted by atomic mass is 15.2. The Bertz CT molecular complexity index is 5350. The van der Waals surface area contributed by atoms with E-state index in [0.717, 1.165) is 101 Å². The van der Waals surface area contributed by atoms with Gasteiger partial charge in [0.05, 0.1) is 33.8 Å². The Labute approximate surface area is 560 Å². The summed E-state index contributed by atoms with van der Waals surface area (Å²) in [4.78, 5) is 31.9. The van der Waals surface area contributed by atoms with Crippen molar-refractivity contribution in [3.8, 4) is 84.9 Å². The summed E-state index contributed by atoms with van der Waals surface area (Å²) in [5.74, 6) is 2.33. The molecule has 0 radical (unpaired) electrons. The van der Waals surface area contributed by atoms with Crippen molar-refractivity contribution in [1.82, 2.24) is 29.5 Å². The molecule has 0 saturated heterocycles. The van der Waals surface area contributed by atoms with Crippen molar-refractivity contribution in [2.45, 2.75) is 52.4 Å². The Morgan fingerprint density at radius 1 is 0.292 bits per heavy atom. The summed E-state index contributed by atoms with van der Waals surface area (Å²) in [6.07, 6.45) is 0. The number of rotatable bonds is 10. The second kappa shape index (κ2) is 23.0. The first-order valence-corrected chi connectivity index (χ1v) is 33.1. The van der Waals surface area contributed by atoms with Gasteiger partial charge in [-0.15, -0.1) is 0 Å². The van der Waals surface area contributed by atoms with Crippen LogP contribution in [0.5, 0.6) is 0 Å². The molecule has 8 nitrogen and oxygen atoms in total. The van der Waals surface area contributed by atoms with Crippen molar-refractivity contribution in [3.05, 3.63) is 308 Å². The largest absolute Gasteiger partial charge is 0.311 e. The topological polar surface area (TPSA) is 75.9 Å². The molecule has 2 aliphatic heterocycles. The average molecular weight is 1240 g/mol. The van der Waals surface area contributed by atoms with Gasteiger partial charge in [0.15, 0.2) is 23.3 Å². The fourth-order valence-electron chi connectivity index (χ4n) is 14.3. The van der Waals surface area contributed by atoms with Gasteiger partial charge in [0.2, 0.25) is 0 Å². The van der Waals surface area contributed by atoms with Crippen molar-refractivity contribution in [2.75, 3.05) is 9.80 Å². The maximum atomic E-state index is 5.74. The van der Waals surface area contributed by atoms with E-state index >= 15 is 0 Å². The summed E-state index contributed by atoms with van der Waals surface area (Å²) in [5.41, 5.74) is 25.4. The normalized spacial score (nSPS) is 12.6. The quantitative estimate of drug-likeness (QED) is 0.126. The Kier molecular flexibility index (Phi) is 13.9. The minimum atomic E-state index is -0.0750. The molecule has 0 atom stereocenters. The molecule has 96 heavy (non-hydrogen) atoms. The minimum Gasteiger partial charge on any atom is -0.311 e. The van der Waals surface area contributed by atoms with E-state index in [1.54, 1.807) is 0 Å². The molecule has 0 N–H and O–H groups in total. The highest BCUT2D eigenvalue weighted by Crippen LogP contribution is 2.49. The highest BCUT2D eigenvalue weighted by Gasteiger charge is 2.44. The number of fused-ring (bicyclic) bond motifs is 7. The fourth-order valence-corrected chi connectivity index (χ4v) is 14.3. The van der Waals surface area contributed by atoms with Crippen molar-refractivity contribution in [2.24, 2.45) is 0 Å². The molecule has 3 aromatic heterocycles. The van der Waals surface area contributed by atoms with Crippen LogP contribution in [-0.2, 0) is 10.8 Å². The molecule has 0 bridgehead atoms. The first-order valence-electron chi connectivity index (χ1n) is 33.1. The standard InChI is InChI=1S/C87H67BN8/c1-86(2,3)62-45-49-74-67(53-62)68-54-63(87(4,5)6)46-50-75(68)96(74)76-48-44-61(85-92-83(58-28-14-8-15-29-58)91-84(93-85)59-30-16-9-17-31-59)52-69(76)73-55-72(57-26-12-7-13-27-57)89-82(90-73)60-42-40-56(41-43-60)66-47-51-79-80-81(66)95(65-34-20-11-21-35-65)78-39-25-23-37-71(78)88(80)70-36-22-24-38-77(70)94(79)64-32-18-10-19-33-64/h7-55H,1-6H3. The molecule has 15 aromatic rings. The SMILES string of the molecule is CC(C)(C)c1ccc2c(c1)c1cc(C(C)(C)C)ccc1n2-c1ccc(-c2nc(-c3ccccc3)nc(-c3ccccc3)n2)cc1-c1cc(-c2ccccc2)nc(-c2ccc(-c3ccc4c5c3N(c3ccccc3)c3ccccc3B5c3ccccc3N4c3ccccc3)cc2)n1. The Hall–Kier alpha value is -11.8. The summed E-state index contributed by atoms with van der Waals surface area (Å²) < 4.78 is 2.43. The monoisotopic (exact) mass is 1230 g/mol. The van der Waals surface area contributed by atoms with Gasteiger partial charge in [-0.05, 0) is 135 Å². The molecule has 17 rings (SSSR count). The summed E-state index contributed by atoms with van der Waals surface area (Å²) >= 11 is 0. The van der Waals surface area contributed by atoms with Gasteiger partial charge in [-0.1, -0.05) is 248 Å². The molecule has 12 aromatic carbocycles. The number of para-hydroxylation sites is 4. The third kappa shape index (κ3) is 10.1. The fraction of sp³-hybridized carbons (Fsp3) is 0.0920. The molecule has 0 saturated carbocycles. The van der Waals surface area contributed by atoms with Crippen LogP contribution in [-0.4, -0.2) is 36.2 Å². The Morgan fingerprint density at radius 3 is 1.25 bits per heavy atom. The summed E-state index contributed by atoms with van der Waals surface area (Å²) in [6.45, 7) is 13.7. The Morgan fingerprint density at radius 2 is 0.708 bits per heavy atom. The van der Waals surface area contributed by atoms with Crippen molar-refractivity contribution in [3.63, 3.8) is 0 Å². The highest BCUT2D eigenvalue weighted by molar-refractivity contribution is 7.00. The summed E-state index contributed by atoms with van der Waals surface area (Å²) in [6, 6.07) is 107. The van der Waals surface area contributed by atoms with Crippen LogP contribution in [0.3, 0.4) is 0 Å². The van der Waals surface area contributed by atoms with Crippen LogP contribution in [0.2, 0.25) is 0 Å². The van der Waals surface area contributed by atoms with Crippen molar-refractivity contribution in [1.29, 1.82) is 0 Å². The summed E-state index contributed by atoms with van der Waals surface area (Å²) in [5, 5.41) is 2.39. The molecule has 2 aliphatic rings. The average Bonchev–Trinajstić information content (AvgIpc) is 1.80. The molecule has 458 valence electrons. The molecule has 9 heteroatoms. The Balaban J connectivity index is 0.884. The van der Waals surface area contributed by atoms with E-state index in [-0.39, 0.29) is 17.5 Å². The van der Waals surface area contributed by atoms with Crippen LogP contribution >= 0.6 is 0 Å². The molecule has 0 unspecified atom stereocenters. The van der Waals surface area contributed by atoms with Crippen LogP contribution in [0.1, 0.15) is 52.7 Å². The zero-order chi connectivity index (χ0) is 64.8. The van der Waals surface area contributed by atoms with E-state index in [4.69, 9.17) is 24.9 Å². The van der Waals surface area contributed by atoms with Crippen LogP contribution in [0.4, 0.5) is 34.1 Å². The molecule has 0 aliphatic carbocycles. The van der Waals surface area contributed by atoms with Gasteiger partial charge in [-0.2, -0.15) is 0 Å². The lowest BCUT2D eigenvalue weighted by Crippen LogP contribution is -2.61. The molecule has 0 amide bonds. The molecule has 5 heterocycles. The zero-order valence-electron chi connectivity index (χ0n) is 54.4. The van der Waals surface area contributed by atoms with Gasteiger partial charge in [0.1, 0.15) is 0 Å². The van der Waals surface area contributed by atoms with Gasteiger partial charge < -0.3 is 14.4 Å². The molecular weight excluding hydrogens is 1170 g/mol. The lowest BCUT2D eigenvalue weighted by molar-refractivity contribution is 0.590. The first kappa shape index (κ1) is 58.0. The molecule has 0 spiro atoms. The van der Waals surface area contributed by atoms with Gasteiger partial charge in [0.25, 0.3) is 6.71 Å². The van der Waals surface area contributed by atoms with Gasteiger partial charge in [0, 0.05) is 78.2 Å². The number of benzene rings is 12. The van der Waals surface area contributed by atoms with Crippen LogP contribution in [0.25, 0.3) is 107 Å². The number of anilines is 6. The zero-order valence-corrected chi connectivity index (χ0v) is 54.4. The number of hydrogen-bond acceptors (Lipinski definition) is 7. The number of hydrogen-bond donors (Lipinski definition) is 0.